The van der Waals surface area contributed by atoms with Crippen LogP contribution in [0.2, 0.25) is 0 Å². The fourth-order valence-electron chi connectivity index (χ4n) is 1.13. The number of benzene rings is 1. The van der Waals surface area contributed by atoms with Gasteiger partial charge in [-0.1, -0.05) is 0 Å². The van der Waals surface area contributed by atoms with E-state index in [9.17, 15) is 14.9 Å². The number of carbonyl (C=O) groups is 1. The van der Waals surface area contributed by atoms with Gasteiger partial charge in [0, 0.05) is 12.1 Å². The lowest BCUT2D eigenvalue weighted by Gasteiger charge is -2.09. The Labute approximate surface area is 91.3 Å². The molecular formula is C9H11N3O4. The van der Waals surface area contributed by atoms with Gasteiger partial charge in [-0.15, -0.1) is 0 Å². The van der Waals surface area contributed by atoms with Gasteiger partial charge in [-0.05, 0) is 6.07 Å². The number of nitrogens with two attached hydrogens (primary N) is 1. The Hall–Kier alpha value is -2.31. The Morgan fingerprint density at radius 2 is 2.31 bits per heavy atom. The molecular weight excluding hydrogens is 214 g/mol. The first-order valence-electron chi connectivity index (χ1n) is 4.39. The number of nitro benzene ring substituents is 1. The van der Waals surface area contributed by atoms with Gasteiger partial charge < -0.3 is 15.8 Å². The summed E-state index contributed by atoms with van der Waals surface area (Å²) in [7, 11) is 1.43. The normalized spacial score (nSPS) is 9.56. The standard InChI is InChI=1S/C9H11N3O4/c1-16-8-3-2-6(12(14)15)4-7(8)11-5-9(10)13/h2-4,11H,5H2,1H3,(H2,10,13). The van der Waals surface area contributed by atoms with Gasteiger partial charge in [-0.2, -0.15) is 0 Å². The Balaban J connectivity index is 2.97. The number of methoxy groups -OCH3 is 1. The number of ether oxygens (including phenoxy) is 1. The second-order valence-electron chi connectivity index (χ2n) is 2.96. The highest BCUT2D eigenvalue weighted by atomic mass is 16.6. The number of anilines is 1. The topological polar surface area (TPSA) is 107 Å². The highest BCUT2D eigenvalue weighted by molar-refractivity contribution is 5.79. The summed E-state index contributed by atoms with van der Waals surface area (Å²) >= 11 is 0. The van der Waals surface area contributed by atoms with Gasteiger partial charge in [-0.25, -0.2) is 0 Å². The number of hydrogen-bond acceptors (Lipinski definition) is 5. The monoisotopic (exact) mass is 225 g/mol. The molecule has 16 heavy (non-hydrogen) atoms. The highest BCUT2D eigenvalue weighted by Crippen LogP contribution is 2.28. The molecule has 1 aromatic rings. The van der Waals surface area contributed by atoms with Crippen LogP contribution < -0.4 is 15.8 Å². The van der Waals surface area contributed by atoms with Crippen LogP contribution in [0, 0.1) is 10.1 Å². The summed E-state index contributed by atoms with van der Waals surface area (Å²) in [5.74, 6) is -0.152. The van der Waals surface area contributed by atoms with E-state index in [0.717, 1.165) is 0 Å². The summed E-state index contributed by atoms with van der Waals surface area (Å²) in [6.07, 6.45) is 0. The van der Waals surface area contributed by atoms with Crippen LogP contribution >= 0.6 is 0 Å². The lowest BCUT2D eigenvalue weighted by molar-refractivity contribution is -0.384. The number of primary amides is 1. The average Bonchev–Trinajstić information content (AvgIpc) is 2.25. The number of amides is 1. The zero-order valence-corrected chi connectivity index (χ0v) is 8.60. The van der Waals surface area contributed by atoms with Gasteiger partial charge >= 0.3 is 0 Å². The van der Waals surface area contributed by atoms with Crippen LogP contribution in [0.4, 0.5) is 11.4 Å². The number of nitrogens with one attached hydrogen (secondary N) is 1. The van der Waals surface area contributed by atoms with E-state index in [2.05, 4.69) is 5.32 Å². The highest BCUT2D eigenvalue weighted by Gasteiger charge is 2.11. The first-order valence-corrected chi connectivity index (χ1v) is 4.39. The maximum absolute atomic E-state index is 10.6. The van der Waals surface area contributed by atoms with Gasteiger partial charge in [0.2, 0.25) is 5.91 Å². The van der Waals surface area contributed by atoms with Gasteiger partial charge in [-0.3, -0.25) is 14.9 Å². The Morgan fingerprint density at radius 1 is 1.62 bits per heavy atom. The van der Waals surface area contributed by atoms with Crippen molar-refractivity contribution in [2.45, 2.75) is 0 Å². The molecule has 0 radical (unpaired) electrons. The molecule has 0 spiro atoms. The molecule has 0 heterocycles. The SMILES string of the molecule is COc1ccc([N+](=O)[O-])cc1NCC(N)=O. The molecule has 1 aromatic carbocycles. The lowest BCUT2D eigenvalue weighted by Crippen LogP contribution is -2.22. The minimum atomic E-state index is -0.562. The summed E-state index contributed by atoms with van der Waals surface area (Å²) < 4.78 is 4.98. The minimum Gasteiger partial charge on any atom is -0.495 e. The first-order chi connectivity index (χ1) is 7.54. The molecule has 1 rings (SSSR count). The van der Waals surface area contributed by atoms with Crippen LogP contribution in [0.25, 0.3) is 0 Å². The molecule has 7 heteroatoms. The maximum atomic E-state index is 10.6. The third-order valence-corrected chi connectivity index (χ3v) is 1.85. The van der Waals surface area contributed by atoms with Crippen molar-refractivity contribution >= 4 is 17.3 Å². The molecule has 86 valence electrons. The molecule has 0 aliphatic carbocycles. The largest absolute Gasteiger partial charge is 0.495 e. The van der Waals surface area contributed by atoms with Crippen molar-refractivity contribution in [2.24, 2.45) is 5.73 Å². The van der Waals surface area contributed by atoms with Crippen LogP contribution in [0.3, 0.4) is 0 Å². The molecule has 0 aliphatic heterocycles. The quantitative estimate of drug-likeness (QED) is 0.560. The van der Waals surface area contributed by atoms with Gasteiger partial charge in [0.1, 0.15) is 5.75 Å². The van der Waals surface area contributed by atoms with Crippen molar-refractivity contribution in [3.05, 3.63) is 28.3 Å². The number of non-ortho nitro benzene ring substituents is 1. The molecule has 0 saturated heterocycles. The molecule has 0 fully saturated rings. The summed E-state index contributed by atoms with van der Waals surface area (Å²) in [6, 6.07) is 4.04. The van der Waals surface area contributed by atoms with Crippen molar-refractivity contribution in [1.82, 2.24) is 0 Å². The summed E-state index contributed by atoms with van der Waals surface area (Å²) in [5, 5.41) is 13.2. The Morgan fingerprint density at radius 3 is 2.81 bits per heavy atom. The number of carbonyl (C=O) groups excluding carboxylic acids is 1. The zero-order valence-electron chi connectivity index (χ0n) is 8.60. The molecule has 0 aliphatic rings. The maximum Gasteiger partial charge on any atom is 0.271 e. The van der Waals surface area contributed by atoms with E-state index in [1.807, 2.05) is 0 Å². The van der Waals surface area contributed by atoms with E-state index in [0.29, 0.717) is 11.4 Å². The average molecular weight is 225 g/mol. The van der Waals surface area contributed by atoms with E-state index in [1.165, 1.54) is 25.3 Å². The third-order valence-electron chi connectivity index (χ3n) is 1.85. The Bertz CT molecular complexity index is 419. The van der Waals surface area contributed by atoms with Crippen LogP contribution in [-0.4, -0.2) is 24.5 Å². The van der Waals surface area contributed by atoms with Crippen LogP contribution in [0.15, 0.2) is 18.2 Å². The molecule has 0 atom stereocenters. The minimum absolute atomic E-state index is 0.0900. The second-order valence-corrected chi connectivity index (χ2v) is 2.96. The molecule has 3 N–H and O–H groups in total. The third kappa shape index (κ3) is 2.84. The summed E-state index contributed by atoms with van der Waals surface area (Å²) in [6.45, 7) is -0.114. The number of nitrogens with zero attached hydrogens (tertiary/aromatic N) is 1. The van der Waals surface area contributed by atoms with Gasteiger partial charge in [0.25, 0.3) is 5.69 Å². The molecule has 0 aromatic heterocycles. The van der Waals surface area contributed by atoms with Crippen LogP contribution in [-0.2, 0) is 4.79 Å². The van der Waals surface area contributed by atoms with E-state index in [4.69, 9.17) is 10.5 Å². The van der Waals surface area contributed by atoms with Gasteiger partial charge in [0.15, 0.2) is 0 Å². The fourth-order valence-corrected chi connectivity index (χ4v) is 1.13. The predicted molar refractivity (Wildman–Crippen MR) is 57.3 cm³/mol. The smallest absolute Gasteiger partial charge is 0.271 e. The molecule has 0 bridgehead atoms. The van der Waals surface area contributed by atoms with E-state index in [-0.39, 0.29) is 12.2 Å². The number of hydrogen-bond donors (Lipinski definition) is 2. The molecule has 0 saturated carbocycles. The van der Waals surface area contributed by atoms with Crippen LogP contribution in [0.1, 0.15) is 0 Å². The summed E-state index contributed by atoms with van der Waals surface area (Å²) in [5.41, 5.74) is 5.22. The van der Waals surface area contributed by atoms with E-state index in [1.54, 1.807) is 0 Å². The summed E-state index contributed by atoms with van der Waals surface area (Å²) in [4.78, 5) is 20.6. The van der Waals surface area contributed by atoms with E-state index < -0.39 is 10.8 Å². The fraction of sp³-hybridized carbons (Fsp3) is 0.222. The van der Waals surface area contributed by atoms with Gasteiger partial charge in [0.05, 0.1) is 24.3 Å². The van der Waals surface area contributed by atoms with Crippen molar-refractivity contribution < 1.29 is 14.5 Å². The van der Waals surface area contributed by atoms with Crippen molar-refractivity contribution in [2.75, 3.05) is 19.0 Å². The van der Waals surface area contributed by atoms with E-state index >= 15 is 0 Å². The van der Waals surface area contributed by atoms with Crippen molar-refractivity contribution in [1.29, 1.82) is 0 Å². The Kier molecular flexibility index (Phi) is 3.65. The lowest BCUT2D eigenvalue weighted by atomic mass is 10.2. The molecule has 7 nitrogen and oxygen atoms in total. The van der Waals surface area contributed by atoms with Crippen molar-refractivity contribution in [3.63, 3.8) is 0 Å². The first kappa shape index (κ1) is 11.8. The number of nitro groups is 1. The zero-order chi connectivity index (χ0) is 12.1. The second kappa shape index (κ2) is 4.96. The van der Waals surface area contributed by atoms with Crippen LogP contribution in [0.5, 0.6) is 5.75 Å². The predicted octanol–water partition coefficient (Wildman–Crippen LogP) is 0.501. The number of rotatable bonds is 5. The van der Waals surface area contributed by atoms with Crippen molar-refractivity contribution in [3.8, 4) is 5.75 Å². The molecule has 1 amide bonds. The molecule has 0 unspecified atom stereocenters.